The number of nitrogens with zero attached hydrogens (tertiary/aromatic N) is 2. The minimum absolute atomic E-state index is 0.979. The van der Waals surface area contributed by atoms with E-state index in [9.17, 15) is 0 Å². The van der Waals surface area contributed by atoms with Gasteiger partial charge in [0.1, 0.15) is 23.5 Å². The first-order valence-electron chi connectivity index (χ1n) is 9.50. The molecule has 138 valence electrons. The fourth-order valence-electron chi connectivity index (χ4n) is 3.73. The summed E-state index contributed by atoms with van der Waals surface area (Å²) >= 11 is 3.78. The van der Waals surface area contributed by atoms with Gasteiger partial charge in [0, 0.05) is 12.1 Å². The molecule has 3 aromatic carbocycles. The van der Waals surface area contributed by atoms with Crippen LogP contribution in [0, 0.1) is 0 Å². The van der Waals surface area contributed by atoms with Crippen molar-refractivity contribution in [1.29, 1.82) is 0 Å². The van der Waals surface area contributed by atoms with Gasteiger partial charge in [0.05, 0.1) is 12.8 Å². The van der Waals surface area contributed by atoms with E-state index in [0.29, 0.717) is 0 Å². The zero-order chi connectivity index (χ0) is 19.1. The number of para-hydroxylation sites is 2. The Bertz CT molecular complexity index is 1180. The van der Waals surface area contributed by atoms with E-state index in [1.165, 1.54) is 41.6 Å². The maximum atomic E-state index is 2.32. The summed E-state index contributed by atoms with van der Waals surface area (Å²) in [4.78, 5) is 0. The molecule has 0 unspecified atom stereocenters. The first-order valence-corrected chi connectivity index (χ1v) is 11.1. The maximum absolute atomic E-state index is 2.32. The summed E-state index contributed by atoms with van der Waals surface area (Å²) in [5, 5.41) is 2.79. The van der Waals surface area contributed by atoms with Gasteiger partial charge in [-0.05, 0) is 23.3 Å². The molecule has 2 aromatic heterocycles. The molecule has 0 saturated heterocycles. The van der Waals surface area contributed by atoms with Crippen LogP contribution < -0.4 is 9.13 Å². The van der Waals surface area contributed by atoms with Crippen molar-refractivity contribution in [3.63, 3.8) is 0 Å². The third-order valence-corrected chi connectivity index (χ3v) is 7.83. The van der Waals surface area contributed by atoms with Crippen molar-refractivity contribution in [2.45, 2.75) is 12.8 Å². The molecule has 4 heteroatoms. The molecule has 5 aromatic rings. The molecular weight excluding hydrogens is 380 g/mol. The molecule has 0 saturated carbocycles. The molecule has 28 heavy (non-hydrogen) atoms. The summed E-state index contributed by atoms with van der Waals surface area (Å²) in [5.41, 5.74) is 5.37. The Labute approximate surface area is 173 Å². The molecule has 0 aliphatic carbocycles. The van der Waals surface area contributed by atoms with E-state index in [0.717, 1.165) is 12.8 Å². The van der Waals surface area contributed by atoms with E-state index in [1.807, 2.05) is 22.7 Å². The number of benzene rings is 3. The molecule has 0 aliphatic heterocycles. The Balaban J connectivity index is 1.37. The normalized spacial score (nSPS) is 11.5. The largest absolute Gasteiger partial charge is 0.242 e. The van der Waals surface area contributed by atoms with Crippen molar-refractivity contribution in [3.05, 3.63) is 93.9 Å². The van der Waals surface area contributed by atoms with E-state index in [2.05, 4.69) is 96.0 Å². The SMILES string of the molecule is C[n+]1c(Cc2ccc(Cc3sc4ccccc4[n+]3C)cc2)sc2ccccc21. The number of thiazole rings is 2. The summed E-state index contributed by atoms with van der Waals surface area (Å²) in [5.74, 6) is 0. The maximum Gasteiger partial charge on any atom is 0.242 e. The highest BCUT2D eigenvalue weighted by Crippen LogP contribution is 2.24. The quantitative estimate of drug-likeness (QED) is 0.376. The molecule has 0 fully saturated rings. The minimum atomic E-state index is 0.979. The van der Waals surface area contributed by atoms with Gasteiger partial charge in [0.2, 0.25) is 21.0 Å². The molecule has 0 amide bonds. The van der Waals surface area contributed by atoms with Crippen molar-refractivity contribution in [3.8, 4) is 0 Å². The van der Waals surface area contributed by atoms with Crippen LogP contribution in [-0.4, -0.2) is 0 Å². The Morgan fingerprint density at radius 1 is 0.571 bits per heavy atom. The summed E-state index contributed by atoms with van der Waals surface area (Å²) in [6.07, 6.45) is 1.96. The van der Waals surface area contributed by atoms with Gasteiger partial charge in [-0.3, -0.25) is 0 Å². The van der Waals surface area contributed by atoms with Gasteiger partial charge in [-0.2, -0.15) is 9.13 Å². The van der Waals surface area contributed by atoms with Crippen LogP contribution in [0.3, 0.4) is 0 Å². The van der Waals surface area contributed by atoms with E-state index in [4.69, 9.17) is 0 Å². The number of aromatic nitrogens is 2. The number of hydrogen-bond acceptors (Lipinski definition) is 2. The van der Waals surface area contributed by atoms with E-state index >= 15 is 0 Å². The molecule has 0 atom stereocenters. The smallest absolute Gasteiger partial charge is 0.188 e. The molecule has 0 aliphatic rings. The number of rotatable bonds is 4. The van der Waals surface area contributed by atoms with E-state index in [1.54, 1.807) is 0 Å². The van der Waals surface area contributed by atoms with Gasteiger partial charge in [-0.1, -0.05) is 71.2 Å². The van der Waals surface area contributed by atoms with Crippen LogP contribution in [0.25, 0.3) is 20.4 Å². The highest BCUT2D eigenvalue weighted by Gasteiger charge is 2.18. The summed E-state index contributed by atoms with van der Waals surface area (Å²) in [6.45, 7) is 0. The standard InChI is InChI=1S/C24H22N2S2/c1-25-19-7-3-5-9-21(19)27-23(25)15-17-11-13-18(14-12-17)16-24-26(2)20-8-4-6-10-22(20)28-24/h3-14H,15-16H2,1-2H3/q+2. The van der Waals surface area contributed by atoms with Gasteiger partial charge in [0.15, 0.2) is 0 Å². The van der Waals surface area contributed by atoms with Crippen LogP contribution in [0.5, 0.6) is 0 Å². The van der Waals surface area contributed by atoms with Gasteiger partial charge >= 0.3 is 0 Å². The minimum Gasteiger partial charge on any atom is -0.188 e. The highest BCUT2D eigenvalue weighted by atomic mass is 32.1. The van der Waals surface area contributed by atoms with Crippen LogP contribution in [0.4, 0.5) is 0 Å². The van der Waals surface area contributed by atoms with Crippen LogP contribution in [0.15, 0.2) is 72.8 Å². The van der Waals surface area contributed by atoms with Crippen molar-refractivity contribution < 1.29 is 9.13 Å². The van der Waals surface area contributed by atoms with Gasteiger partial charge in [-0.15, -0.1) is 0 Å². The third-order valence-electron chi connectivity index (χ3n) is 5.39. The second-order valence-corrected chi connectivity index (χ2v) is 9.45. The van der Waals surface area contributed by atoms with Crippen molar-refractivity contribution in [1.82, 2.24) is 0 Å². The molecule has 0 radical (unpaired) electrons. The number of fused-ring (bicyclic) bond motifs is 2. The Morgan fingerprint density at radius 2 is 0.964 bits per heavy atom. The number of aryl methyl sites for hydroxylation is 2. The second-order valence-electron chi connectivity index (χ2n) is 7.22. The first kappa shape index (κ1) is 17.5. The van der Waals surface area contributed by atoms with Crippen LogP contribution in [0.1, 0.15) is 21.1 Å². The van der Waals surface area contributed by atoms with Crippen molar-refractivity contribution >= 4 is 43.1 Å². The number of hydrogen-bond donors (Lipinski definition) is 0. The van der Waals surface area contributed by atoms with Gasteiger partial charge in [0.25, 0.3) is 0 Å². The van der Waals surface area contributed by atoms with E-state index in [-0.39, 0.29) is 0 Å². The molecule has 2 nitrogen and oxygen atoms in total. The topological polar surface area (TPSA) is 7.76 Å². The molecule has 0 spiro atoms. The monoisotopic (exact) mass is 402 g/mol. The molecular formula is C24H22N2S2+2. The lowest BCUT2D eigenvalue weighted by molar-refractivity contribution is -0.647. The van der Waals surface area contributed by atoms with Crippen molar-refractivity contribution in [2.75, 3.05) is 0 Å². The van der Waals surface area contributed by atoms with Crippen molar-refractivity contribution in [2.24, 2.45) is 14.1 Å². The van der Waals surface area contributed by atoms with Crippen LogP contribution >= 0.6 is 22.7 Å². The lowest BCUT2D eigenvalue weighted by Gasteiger charge is -2.01. The fourth-order valence-corrected chi connectivity index (χ4v) is 6.10. The van der Waals surface area contributed by atoms with Crippen LogP contribution in [0.2, 0.25) is 0 Å². The van der Waals surface area contributed by atoms with Crippen LogP contribution in [-0.2, 0) is 26.9 Å². The lowest BCUT2D eigenvalue weighted by atomic mass is 10.1. The Morgan fingerprint density at radius 3 is 1.36 bits per heavy atom. The zero-order valence-electron chi connectivity index (χ0n) is 16.1. The molecule has 0 bridgehead atoms. The highest BCUT2D eigenvalue weighted by molar-refractivity contribution is 7.18. The second kappa shape index (κ2) is 7.12. The van der Waals surface area contributed by atoms with Gasteiger partial charge < -0.3 is 0 Å². The first-order chi connectivity index (χ1) is 13.7. The Hall–Kier alpha value is -2.56. The fraction of sp³-hybridized carbons (Fsp3) is 0.167. The lowest BCUT2D eigenvalue weighted by Crippen LogP contribution is -2.31. The van der Waals surface area contributed by atoms with E-state index < -0.39 is 0 Å². The summed E-state index contributed by atoms with van der Waals surface area (Å²) < 4.78 is 7.36. The molecule has 0 N–H and O–H groups in total. The third kappa shape index (κ3) is 3.13. The molecule has 5 rings (SSSR count). The average Bonchev–Trinajstić information content (AvgIpc) is 3.21. The Kier molecular flexibility index (Phi) is 4.46. The average molecular weight is 403 g/mol. The van der Waals surface area contributed by atoms with Gasteiger partial charge in [-0.25, -0.2) is 0 Å². The summed E-state index contributed by atoms with van der Waals surface area (Å²) in [6, 6.07) is 26.4. The summed E-state index contributed by atoms with van der Waals surface area (Å²) in [7, 11) is 4.34. The predicted molar refractivity (Wildman–Crippen MR) is 118 cm³/mol. The predicted octanol–water partition coefficient (Wildman–Crippen LogP) is 4.95. The zero-order valence-corrected chi connectivity index (χ0v) is 17.7. The molecule has 2 heterocycles.